The van der Waals surface area contributed by atoms with E-state index in [1.165, 1.54) is 11.8 Å². The molecule has 0 radical (unpaired) electrons. The van der Waals surface area contributed by atoms with Crippen LogP contribution in [0.15, 0.2) is 12.2 Å². The fourth-order valence-electron chi connectivity index (χ4n) is 2.43. The van der Waals surface area contributed by atoms with Gasteiger partial charge in [-0.25, -0.2) is 4.79 Å². The van der Waals surface area contributed by atoms with Crippen LogP contribution in [0.2, 0.25) is 0 Å². The summed E-state index contributed by atoms with van der Waals surface area (Å²) in [6.45, 7) is 4.55. The first-order valence-corrected chi connectivity index (χ1v) is 5.71. The molecule has 92 valence electrons. The smallest absolute Gasteiger partial charge is 0.333 e. The van der Waals surface area contributed by atoms with Crippen molar-refractivity contribution < 1.29 is 19.1 Å². The maximum Gasteiger partial charge on any atom is 0.333 e. The number of fused-ring (bicyclic) bond motifs is 1. The Morgan fingerprint density at radius 3 is 2.82 bits per heavy atom. The average molecular weight is 237 g/mol. The second kappa shape index (κ2) is 4.31. The molecule has 1 heterocycles. The van der Waals surface area contributed by atoms with Gasteiger partial charge in [-0.1, -0.05) is 13.0 Å². The van der Waals surface area contributed by atoms with Crippen LogP contribution in [0.1, 0.15) is 26.2 Å². The first-order valence-electron chi connectivity index (χ1n) is 5.71. The number of esters is 1. The molecule has 0 bridgehead atoms. The van der Waals surface area contributed by atoms with Gasteiger partial charge in [-0.15, -0.1) is 0 Å². The van der Waals surface area contributed by atoms with Crippen molar-refractivity contribution >= 4 is 17.8 Å². The molecule has 1 saturated heterocycles. The molecule has 2 atom stereocenters. The molecule has 0 spiro atoms. The maximum absolute atomic E-state index is 11.7. The van der Waals surface area contributed by atoms with Gasteiger partial charge in [-0.05, 0) is 19.8 Å². The minimum atomic E-state index is -0.603. The zero-order chi connectivity index (χ0) is 12.6. The minimum absolute atomic E-state index is 0.0239. The van der Waals surface area contributed by atoms with E-state index in [-0.39, 0.29) is 30.0 Å². The van der Waals surface area contributed by atoms with Crippen molar-refractivity contribution in [1.29, 1.82) is 0 Å². The molecule has 0 N–H and O–H groups in total. The van der Waals surface area contributed by atoms with E-state index in [9.17, 15) is 14.4 Å². The van der Waals surface area contributed by atoms with Gasteiger partial charge in [0.15, 0.2) is 6.61 Å². The van der Waals surface area contributed by atoms with Crippen LogP contribution in [0.5, 0.6) is 0 Å². The van der Waals surface area contributed by atoms with Crippen LogP contribution in [0.25, 0.3) is 0 Å². The molecule has 17 heavy (non-hydrogen) atoms. The molecule has 2 rings (SSSR count). The van der Waals surface area contributed by atoms with Gasteiger partial charge in [0.05, 0.1) is 12.0 Å². The zero-order valence-corrected chi connectivity index (χ0v) is 9.77. The average Bonchev–Trinajstić information content (AvgIpc) is 2.69. The molecule has 2 amide bonds. The highest BCUT2D eigenvalue weighted by atomic mass is 16.5. The van der Waals surface area contributed by atoms with Gasteiger partial charge in [-0.3, -0.25) is 14.5 Å². The van der Waals surface area contributed by atoms with Crippen molar-refractivity contribution in [3.63, 3.8) is 0 Å². The number of hydrogen-bond donors (Lipinski definition) is 0. The molecule has 0 aromatic rings. The Balaban J connectivity index is 1.87. The quantitative estimate of drug-likeness (QED) is 0.410. The summed E-state index contributed by atoms with van der Waals surface area (Å²) >= 11 is 0. The lowest BCUT2D eigenvalue weighted by molar-refractivity contribution is -0.168. The van der Waals surface area contributed by atoms with Crippen LogP contribution >= 0.6 is 0 Å². The predicted molar refractivity (Wildman–Crippen MR) is 58.8 cm³/mol. The van der Waals surface area contributed by atoms with E-state index in [2.05, 4.69) is 6.58 Å². The Morgan fingerprint density at radius 1 is 1.47 bits per heavy atom. The third kappa shape index (κ3) is 1.97. The molecule has 1 aliphatic carbocycles. The summed E-state index contributed by atoms with van der Waals surface area (Å²) in [5.41, 5.74) is 0.242. The van der Waals surface area contributed by atoms with Crippen molar-refractivity contribution in [3.8, 4) is 0 Å². The maximum atomic E-state index is 11.7. The normalized spacial score (nSPS) is 26.2. The molecule has 5 heteroatoms. The number of imide groups is 1. The van der Waals surface area contributed by atoms with E-state index >= 15 is 0 Å². The molecular weight excluding hydrogens is 222 g/mol. The van der Waals surface area contributed by atoms with Crippen LogP contribution < -0.4 is 0 Å². The molecular formula is C12H15NO4. The summed E-state index contributed by atoms with van der Waals surface area (Å²) in [4.78, 5) is 35.7. The zero-order valence-electron chi connectivity index (χ0n) is 9.77. The van der Waals surface area contributed by atoms with Gasteiger partial charge >= 0.3 is 5.97 Å². The summed E-state index contributed by atoms with van der Waals surface area (Å²) in [5.74, 6) is -1.12. The fraction of sp³-hybridized carbons (Fsp3) is 0.583. The van der Waals surface area contributed by atoms with E-state index in [1.54, 1.807) is 0 Å². The Hall–Kier alpha value is -1.65. The third-order valence-electron chi connectivity index (χ3n) is 3.31. The number of hydrogen-bond acceptors (Lipinski definition) is 4. The summed E-state index contributed by atoms with van der Waals surface area (Å²) in [6, 6.07) is 0.0403. The topological polar surface area (TPSA) is 63.7 Å². The number of likely N-dealkylation sites (tertiary alicyclic amines) is 1. The van der Waals surface area contributed by atoms with Gasteiger partial charge in [0.1, 0.15) is 0 Å². The molecule has 0 aromatic carbocycles. The van der Waals surface area contributed by atoms with Crippen LogP contribution in [0, 0.1) is 5.92 Å². The minimum Gasteiger partial charge on any atom is -0.452 e. The first-order chi connectivity index (χ1) is 8.02. The monoisotopic (exact) mass is 237 g/mol. The third-order valence-corrected chi connectivity index (χ3v) is 3.31. The molecule has 2 fully saturated rings. The molecule has 0 aromatic heterocycles. The predicted octanol–water partition coefficient (Wildman–Crippen LogP) is 0.643. The Bertz CT molecular complexity index is 401. The van der Waals surface area contributed by atoms with Crippen molar-refractivity contribution in [1.82, 2.24) is 4.90 Å². The number of amides is 2. The second-order valence-electron chi connectivity index (χ2n) is 4.56. The molecule has 2 unspecified atom stereocenters. The highest BCUT2D eigenvalue weighted by molar-refractivity contribution is 6.03. The summed E-state index contributed by atoms with van der Waals surface area (Å²) in [7, 11) is 0. The number of β-lactam (4-membered cyclic amide) rings is 1. The standard InChI is InChI=1S/C12H15NO4/c1-7(2)12(16)17-6-10(14)13-9-5-3-4-8(9)11(13)15/h8-9H,1,3-6H2,2H3. The van der Waals surface area contributed by atoms with Crippen molar-refractivity contribution in [2.24, 2.45) is 5.92 Å². The fourth-order valence-corrected chi connectivity index (χ4v) is 2.43. The molecule has 5 nitrogen and oxygen atoms in total. The van der Waals surface area contributed by atoms with Crippen LogP contribution in [-0.2, 0) is 19.1 Å². The summed E-state index contributed by atoms with van der Waals surface area (Å²) in [5, 5.41) is 0. The lowest BCUT2D eigenvalue weighted by atomic mass is 9.90. The SMILES string of the molecule is C=C(C)C(=O)OCC(=O)N1C(=O)C2CCCC21. The molecule has 2 aliphatic rings. The Morgan fingerprint density at radius 2 is 2.18 bits per heavy atom. The lowest BCUT2D eigenvalue weighted by Gasteiger charge is -2.41. The Kier molecular flexibility index (Phi) is 3.00. The number of ether oxygens (including phenoxy) is 1. The number of carbonyl (C=O) groups is 3. The van der Waals surface area contributed by atoms with Crippen LogP contribution in [0.3, 0.4) is 0 Å². The lowest BCUT2D eigenvalue weighted by Crippen LogP contribution is -2.61. The van der Waals surface area contributed by atoms with Crippen LogP contribution in [-0.4, -0.2) is 35.3 Å². The van der Waals surface area contributed by atoms with Crippen molar-refractivity contribution in [2.75, 3.05) is 6.61 Å². The van der Waals surface area contributed by atoms with Crippen LogP contribution in [0.4, 0.5) is 0 Å². The number of nitrogens with zero attached hydrogens (tertiary/aromatic N) is 1. The van der Waals surface area contributed by atoms with Gasteiger partial charge < -0.3 is 4.74 Å². The second-order valence-corrected chi connectivity index (χ2v) is 4.56. The van der Waals surface area contributed by atoms with E-state index in [0.717, 1.165) is 19.3 Å². The van der Waals surface area contributed by atoms with Gasteiger partial charge in [0.25, 0.3) is 5.91 Å². The highest BCUT2D eigenvalue weighted by Crippen LogP contribution is 2.39. The first kappa shape index (κ1) is 11.8. The van der Waals surface area contributed by atoms with Gasteiger partial charge in [-0.2, -0.15) is 0 Å². The highest BCUT2D eigenvalue weighted by Gasteiger charge is 2.52. The largest absolute Gasteiger partial charge is 0.452 e. The van der Waals surface area contributed by atoms with Gasteiger partial charge in [0.2, 0.25) is 5.91 Å². The van der Waals surface area contributed by atoms with E-state index in [4.69, 9.17) is 4.74 Å². The summed E-state index contributed by atoms with van der Waals surface area (Å²) < 4.78 is 4.74. The molecule has 1 saturated carbocycles. The van der Waals surface area contributed by atoms with E-state index < -0.39 is 11.9 Å². The number of rotatable bonds is 3. The van der Waals surface area contributed by atoms with Crippen molar-refractivity contribution in [3.05, 3.63) is 12.2 Å². The Labute approximate surface area is 99.4 Å². The molecule has 1 aliphatic heterocycles. The van der Waals surface area contributed by atoms with Crippen molar-refractivity contribution in [2.45, 2.75) is 32.2 Å². The van der Waals surface area contributed by atoms with E-state index in [1.807, 2.05) is 0 Å². The number of carbonyl (C=O) groups excluding carboxylic acids is 3. The van der Waals surface area contributed by atoms with E-state index in [0.29, 0.717) is 0 Å². The van der Waals surface area contributed by atoms with Gasteiger partial charge in [0, 0.05) is 5.57 Å². The summed E-state index contributed by atoms with van der Waals surface area (Å²) in [6.07, 6.45) is 2.73.